The van der Waals surface area contributed by atoms with E-state index in [0.717, 1.165) is 4.47 Å². The molecule has 6 heteroatoms. The van der Waals surface area contributed by atoms with Crippen LogP contribution < -0.4 is 4.74 Å². The zero-order valence-electron chi connectivity index (χ0n) is 7.72. The fourth-order valence-electron chi connectivity index (χ4n) is 0.934. The van der Waals surface area contributed by atoms with Gasteiger partial charge in [0, 0.05) is 17.1 Å². The highest BCUT2D eigenvalue weighted by Gasteiger charge is 2.26. The predicted molar refractivity (Wildman–Crippen MR) is 52.7 cm³/mol. The molecule has 15 heavy (non-hydrogen) atoms. The van der Waals surface area contributed by atoms with Crippen LogP contribution in [-0.2, 0) is 0 Å². The van der Waals surface area contributed by atoms with Gasteiger partial charge in [-0.1, -0.05) is 0 Å². The summed E-state index contributed by atoms with van der Waals surface area (Å²) in [6, 6.07) is 1.65. The summed E-state index contributed by atoms with van der Waals surface area (Å²) in [5, 5.41) is 0. The van der Waals surface area contributed by atoms with E-state index in [1.165, 1.54) is 6.20 Å². The van der Waals surface area contributed by atoms with Gasteiger partial charge in [-0.3, -0.25) is 4.98 Å². The van der Waals surface area contributed by atoms with Crippen LogP contribution in [0.1, 0.15) is 12.8 Å². The predicted octanol–water partition coefficient (Wildman–Crippen LogP) is 3.57. The molecule has 0 atom stereocenters. The lowest BCUT2D eigenvalue weighted by molar-refractivity contribution is -0.136. The van der Waals surface area contributed by atoms with Crippen LogP contribution in [0.3, 0.4) is 0 Å². The number of nitrogens with zero attached hydrogens (tertiary/aromatic N) is 1. The number of alkyl halides is 3. The van der Waals surface area contributed by atoms with Crippen LogP contribution in [0.2, 0.25) is 0 Å². The molecule has 2 nitrogen and oxygen atoms in total. The Kier molecular flexibility index (Phi) is 4.38. The number of halogens is 4. The average Bonchev–Trinajstić information content (AvgIpc) is 2.11. The molecule has 0 amide bonds. The lowest BCUT2D eigenvalue weighted by Gasteiger charge is -2.07. The molecule has 1 rings (SSSR count). The van der Waals surface area contributed by atoms with Crippen molar-refractivity contribution < 1.29 is 17.9 Å². The van der Waals surface area contributed by atoms with Crippen LogP contribution in [0.15, 0.2) is 22.9 Å². The summed E-state index contributed by atoms with van der Waals surface area (Å²) in [5.41, 5.74) is 0. The number of rotatable bonds is 4. The molecule has 1 aromatic heterocycles. The largest absolute Gasteiger partial charge is 0.492 e. The van der Waals surface area contributed by atoms with Crippen molar-refractivity contribution >= 4 is 15.9 Å². The third-order valence-corrected chi connectivity index (χ3v) is 1.99. The number of ether oxygens (including phenoxy) is 1. The Morgan fingerprint density at radius 1 is 1.33 bits per heavy atom. The molecule has 0 bridgehead atoms. The Labute approximate surface area is 93.6 Å². The second kappa shape index (κ2) is 5.34. The minimum atomic E-state index is -4.11. The van der Waals surface area contributed by atoms with Gasteiger partial charge >= 0.3 is 6.18 Å². The van der Waals surface area contributed by atoms with Crippen molar-refractivity contribution in [2.45, 2.75) is 19.0 Å². The van der Waals surface area contributed by atoms with Crippen LogP contribution in [0.5, 0.6) is 5.75 Å². The number of hydrogen-bond donors (Lipinski definition) is 0. The quantitative estimate of drug-likeness (QED) is 0.789. The summed E-state index contributed by atoms with van der Waals surface area (Å²) in [6.07, 6.45) is -1.95. The van der Waals surface area contributed by atoms with Crippen LogP contribution in [0.4, 0.5) is 13.2 Å². The lowest BCUT2D eigenvalue weighted by Crippen LogP contribution is -2.09. The molecule has 0 aliphatic heterocycles. The molecule has 84 valence electrons. The Hall–Kier alpha value is -0.780. The summed E-state index contributed by atoms with van der Waals surface area (Å²) >= 11 is 3.18. The molecule has 0 N–H and O–H groups in total. The Morgan fingerprint density at radius 3 is 2.67 bits per heavy atom. The fourth-order valence-corrected chi connectivity index (χ4v) is 1.28. The molecular formula is C9H9BrF3NO. The first-order chi connectivity index (χ1) is 6.97. The van der Waals surface area contributed by atoms with E-state index in [-0.39, 0.29) is 13.0 Å². The number of pyridine rings is 1. The highest BCUT2D eigenvalue weighted by atomic mass is 79.9. The maximum absolute atomic E-state index is 11.8. The minimum Gasteiger partial charge on any atom is -0.492 e. The first-order valence-corrected chi connectivity index (χ1v) is 5.07. The van der Waals surface area contributed by atoms with E-state index in [0.29, 0.717) is 5.75 Å². The standard InChI is InChI=1S/C9H9BrF3NO/c10-7-4-8(6-14-5-7)15-3-1-2-9(11,12)13/h4-6H,1-3H2. The monoisotopic (exact) mass is 283 g/mol. The van der Waals surface area contributed by atoms with E-state index in [4.69, 9.17) is 4.74 Å². The van der Waals surface area contributed by atoms with Gasteiger partial charge in [-0.15, -0.1) is 0 Å². The maximum Gasteiger partial charge on any atom is 0.389 e. The average molecular weight is 284 g/mol. The molecule has 0 saturated carbocycles. The first-order valence-electron chi connectivity index (χ1n) is 4.27. The summed E-state index contributed by atoms with van der Waals surface area (Å²) in [6.45, 7) is 0.0393. The molecule has 0 fully saturated rings. The normalized spacial score (nSPS) is 11.5. The molecular weight excluding hydrogens is 275 g/mol. The van der Waals surface area contributed by atoms with Crippen molar-refractivity contribution in [3.63, 3.8) is 0 Å². The van der Waals surface area contributed by atoms with Gasteiger partial charge in [-0.25, -0.2) is 0 Å². The van der Waals surface area contributed by atoms with Crippen LogP contribution in [0, 0.1) is 0 Å². The van der Waals surface area contributed by atoms with Gasteiger partial charge in [0.2, 0.25) is 0 Å². The molecule has 0 aliphatic carbocycles. The molecule has 0 radical (unpaired) electrons. The van der Waals surface area contributed by atoms with Crippen LogP contribution >= 0.6 is 15.9 Å². The number of hydrogen-bond acceptors (Lipinski definition) is 2. The molecule has 1 heterocycles. The van der Waals surface area contributed by atoms with Crippen LogP contribution in [0.25, 0.3) is 0 Å². The van der Waals surface area contributed by atoms with Crippen molar-refractivity contribution in [1.29, 1.82) is 0 Å². The van der Waals surface area contributed by atoms with Crippen molar-refractivity contribution in [3.05, 3.63) is 22.9 Å². The second-order valence-electron chi connectivity index (χ2n) is 2.91. The highest BCUT2D eigenvalue weighted by molar-refractivity contribution is 9.10. The number of aromatic nitrogens is 1. The van der Waals surface area contributed by atoms with E-state index < -0.39 is 12.6 Å². The molecule has 1 aromatic rings. The van der Waals surface area contributed by atoms with Crippen molar-refractivity contribution in [2.24, 2.45) is 0 Å². The molecule has 0 aromatic carbocycles. The second-order valence-corrected chi connectivity index (χ2v) is 3.82. The Balaban J connectivity index is 2.26. The van der Waals surface area contributed by atoms with E-state index in [9.17, 15) is 13.2 Å². The molecule has 0 spiro atoms. The summed E-state index contributed by atoms with van der Waals surface area (Å²) < 4.78 is 41.1. The summed E-state index contributed by atoms with van der Waals surface area (Å²) in [5.74, 6) is 0.464. The van der Waals surface area contributed by atoms with Gasteiger partial charge in [0.05, 0.1) is 12.8 Å². The van der Waals surface area contributed by atoms with E-state index in [2.05, 4.69) is 20.9 Å². The van der Waals surface area contributed by atoms with Crippen molar-refractivity contribution in [2.75, 3.05) is 6.61 Å². The maximum atomic E-state index is 11.8. The zero-order chi connectivity index (χ0) is 11.3. The van der Waals surface area contributed by atoms with Crippen molar-refractivity contribution in [1.82, 2.24) is 4.98 Å². The first kappa shape index (κ1) is 12.3. The molecule has 0 aliphatic rings. The van der Waals surface area contributed by atoms with Gasteiger partial charge in [0.15, 0.2) is 0 Å². The third-order valence-electron chi connectivity index (χ3n) is 1.55. The lowest BCUT2D eigenvalue weighted by atomic mass is 10.3. The smallest absolute Gasteiger partial charge is 0.389 e. The van der Waals surface area contributed by atoms with Gasteiger partial charge < -0.3 is 4.74 Å². The van der Waals surface area contributed by atoms with E-state index in [1.54, 1.807) is 12.3 Å². The zero-order valence-corrected chi connectivity index (χ0v) is 9.31. The van der Waals surface area contributed by atoms with Crippen LogP contribution in [-0.4, -0.2) is 17.8 Å². The van der Waals surface area contributed by atoms with Gasteiger partial charge in [0.25, 0.3) is 0 Å². The SMILES string of the molecule is FC(F)(F)CCCOc1cncc(Br)c1. The Morgan fingerprint density at radius 2 is 2.07 bits per heavy atom. The topological polar surface area (TPSA) is 22.1 Å². The molecule has 0 unspecified atom stereocenters. The minimum absolute atomic E-state index is 0.0393. The Bertz CT molecular complexity index is 316. The van der Waals surface area contributed by atoms with Gasteiger partial charge in [0.1, 0.15) is 5.75 Å². The van der Waals surface area contributed by atoms with Crippen molar-refractivity contribution in [3.8, 4) is 5.75 Å². The summed E-state index contributed by atoms with van der Waals surface area (Å²) in [7, 11) is 0. The van der Waals surface area contributed by atoms with E-state index in [1.807, 2.05) is 0 Å². The third kappa shape index (κ3) is 5.61. The van der Waals surface area contributed by atoms with Gasteiger partial charge in [-0.05, 0) is 28.4 Å². The molecule has 0 saturated heterocycles. The summed E-state index contributed by atoms with van der Waals surface area (Å²) in [4.78, 5) is 3.82. The highest BCUT2D eigenvalue weighted by Crippen LogP contribution is 2.22. The van der Waals surface area contributed by atoms with E-state index >= 15 is 0 Å². The van der Waals surface area contributed by atoms with Gasteiger partial charge in [-0.2, -0.15) is 13.2 Å². The fraction of sp³-hybridized carbons (Fsp3) is 0.444.